The summed E-state index contributed by atoms with van der Waals surface area (Å²) < 4.78 is 4.86. The fraction of sp³-hybridized carbons (Fsp3) is 0.333. The van der Waals surface area contributed by atoms with Gasteiger partial charge in [0.05, 0.1) is 7.11 Å². The maximum atomic E-state index is 11.9. The molecule has 0 amide bonds. The first-order chi connectivity index (χ1) is 9.81. The van der Waals surface area contributed by atoms with E-state index in [0.29, 0.717) is 11.4 Å². The third-order valence-corrected chi connectivity index (χ3v) is 2.01. The number of carbonyl (C=O) groups excluding carboxylic acids is 1. The highest BCUT2D eigenvalue weighted by atomic mass is 16.5. The smallest absolute Gasteiger partial charge is 0.233 e. The van der Waals surface area contributed by atoms with E-state index >= 15 is 0 Å². The Balaban J connectivity index is 0.000000829. The number of hydrogen-bond donors (Lipinski definition) is 0. The zero-order chi connectivity index (χ0) is 15.4. The summed E-state index contributed by atoms with van der Waals surface area (Å²) in [6.45, 7) is 8.00. The zero-order valence-electron chi connectivity index (χ0n) is 12.6. The number of nitrogens with zero attached hydrogens (tertiary/aromatic N) is 3. The normalized spacial score (nSPS) is 8.45. The van der Waals surface area contributed by atoms with Crippen molar-refractivity contribution >= 4 is 5.78 Å². The zero-order valence-corrected chi connectivity index (χ0v) is 12.6. The summed E-state index contributed by atoms with van der Waals surface area (Å²) >= 11 is 0. The van der Waals surface area contributed by atoms with Gasteiger partial charge in [-0.2, -0.15) is 0 Å². The maximum Gasteiger partial charge on any atom is 0.233 e. The fourth-order valence-corrected chi connectivity index (χ4v) is 1.19. The summed E-state index contributed by atoms with van der Waals surface area (Å²) in [7, 11) is 1.49. The van der Waals surface area contributed by atoms with Crippen LogP contribution in [0.2, 0.25) is 0 Å². The average molecular weight is 275 g/mol. The Kier molecular flexibility index (Phi) is 9.39. The van der Waals surface area contributed by atoms with E-state index in [9.17, 15) is 4.79 Å². The van der Waals surface area contributed by atoms with Crippen LogP contribution in [0.4, 0.5) is 0 Å². The van der Waals surface area contributed by atoms with E-state index in [-0.39, 0.29) is 11.5 Å². The number of methoxy groups -OCH3 is 1. The number of ether oxygens (including phenoxy) is 1. The highest BCUT2D eigenvalue weighted by Gasteiger charge is 2.10. The molecule has 0 aliphatic heterocycles. The monoisotopic (exact) mass is 275 g/mol. The van der Waals surface area contributed by atoms with Gasteiger partial charge in [0.1, 0.15) is 5.69 Å². The van der Waals surface area contributed by atoms with Crippen molar-refractivity contribution < 1.29 is 9.53 Å². The largest absolute Gasteiger partial charge is 0.480 e. The van der Waals surface area contributed by atoms with E-state index in [1.165, 1.54) is 13.3 Å². The Hall–Kier alpha value is -2.30. The molecule has 2 aromatic heterocycles. The van der Waals surface area contributed by atoms with Crippen molar-refractivity contribution in [3.05, 3.63) is 47.9 Å². The second-order valence-corrected chi connectivity index (χ2v) is 3.03. The standard InChI is InChI=1S/C11H9N3O2.2C2H6/c1-16-10-5-4-9(13-14-10)11(15)8-3-2-6-12-7-8;2*1-2/h2-7H,1H3;2*1-2H3. The fourth-order valence-electron chi connectivity index (χ4n) is 1.19. The number of ketones is 1. The van der Waals surface area contributed by atoms with Crippen LogP contribution in [0.1, 0.15) is 43.7 Å². The summed E-state index contributed by atoms with van der Waals surface area (Å²) in [4.78, 5) is 15.7. The molecule has 0 bridgehead atoms. The van der Waals surface area contributed by atoms with Crippen molar-refractivity contribution in [2.45, 2.75) is 27.7 Å². The van der Waals surface area contributed by atoms with E-state index < -0.39 is 0 Å². The first kappa shape index (κ1) is 17.7. The van der Waals surface area contributed by atoms with Crippen molar-refractivity contribution in [2.75, 3.05) is 7.11 Å². The van der Waals surface area contributed by atoms with Gasteiger partial charge < -0.3 is 4.74 Å². The molecule has 0 radical (unpaired) electrons. The molecule has 0 saturated heterocycles. The number of aromatic nitrogens is 3. The van der Waals surface area contributed by atoms with Gasteiger partial charge in [-0.1, -0.05) is 27.7 Å². The second-order valence-electron chi connectivity index (χ2n) is 3.03. The molecule has 0 aliphatic carbocycles. The number of pyridine rings is 1. The lowest BCUT2D eigenvalue weighted by molar-refractivity contribution is 0.103. The van der Waals surface area contributed by atoms with Gasteiger partial charge in [0.15, 0.2) is 0 Å². The molecule has 108 valence electrons. The molecule has 2 aromatic rings. The minimum Gasteiger partial charge on any atom is -0.480 e. The van der Waals surface area contributed by atoms with E-state index in [1.807, 2.05) is 27.7 Å². The lowest BCUT2D eigenvalue weighted by atomic mass is 10.1. The number of rotatable bonds is 3. The Morgan fingerprint density at radius 2 is 1.75 bits per heavy atom. The summed E-state index contributed by atoms with van der Waals surface area (Å²) in [6.07, 6.45) is 3.10. The lowest BCUT2D eigenvalue weighted by Crippen LogP contribution is -2.05. The van der Waals surface area contributed by atoms with Crippen LogP contribution < -0.4 is 4.74 Å². The van der Waals surface area contributed by atoms with Gasteiger partial charge in [0, 0.05) is 24.0 Å². The van der Waals surface area contributed by atoms with Gasteiger partial charge >= 0.3 is 0 Å². The van der Waals surface area contributed by atoms with Crippen LogP contribution >= 0.6 is 0 Å². The molecule has 0 saturated carbocycles. The molecular weight excluding hydrogens is 254 g/mol. The molecule has 0 aliphatic rings. The average Bonchev–Trinajstić information content (AvgIpc) is 2.59. The lowest BCUT2D eigenvalue weighted by Gasteiger charge is -2.00. The third-order valence-electron chi connectivity index (χ3n) is 2.01. The van der Waals surface area contributed by atoms with Gasteiger partial charge in [-0.05, 0) is 18.2 Å². The first-order valence-corrected chi connectivity index (χ1v) is 6.63. The van der Waals surface area contributed by atoms with Crippen molar-refractivity contribution in [3.8, 4) is 5.88 Å². The molecule has 2 heterocycles. The van der Waals surface area contributed by atoms with Gasteiger partial charge in [-0.25, -0.2) is 0 Å². The summed E-state index contributed by atoms with van der Waals surface area (Å²) in [5.41, 5.74) is 0.760. The number of hydrogen-bond acceptors (Lipinski definition) is 5. The van der Waals surface area contributed by atoms with Crippen LogP contribution in [0.3, 0.4) is 0 Å². The second kappa shape index (κ2) is 10.6. The van der Waals surface area contributed by atoms with Crippen molar-refractivity contribution in [2.24, 2.45) is 0 Å². The van der Waals surface area contributed by atoms with Gasteiger partial charge in [0.25, 0.3) is 0 Å². The van der Waals surface area contributed by atoms with Crippen molar-refractivity contribution in [1.29, 1.82) is 0 Å². The topological polar surface area (TPSA) is 65.0 Å². The van der Waals surface area contributed by atoms with Crippen molar-refractivity contribution in [1.82, 2.24) is 15.2 Å². The van der Waals surface area contributed by atoms with E-state index in [0.717, 1.165) is 0 Å². The Morgan fingerprint density at radius 3 is 2.20 bits per heavy atom. The molecule has 0 N–H and O–H groups in total. The van der Waals surface area contributed by atoms with Gasteiger partial charge in [-0.3, -0.25) is 9.78 Å². The van der Waals surface area contributed by atoms with Gasteiger partial charge in [0.2, 0.25) is 11.7 Å². The quantitative estimate of drug-likeness (QED) is 0.805. The predicted molar refractivity (Wildman–Crippen MR) is 78.9 cm³/mol. The van der Waals surface area contributed by atoms with E-state index in [4.69, 9.17) is 4.74 Å². The van der Waals surface area contributed by atoms with Crippen molar-refractivity contribution in [3.63, 3.8) is 0 Å². The number of carbonyl (C=O) groups is 1. The SMILES string of the molecule is CC.CC.COc1ccc(C(=O)c2cccnc2)nn1. The Morgan fingerprint density at radius 1 is 1.05 bits per heavy atom. The highest BCUT2D eigenvalue weighted by molar-refractivity contribution is 6.07. The summed E-state index contributed by atoms with van der Waals surface area (Å²) in [5, 5.41) is 7.50. The summed E-state index contributed by atoms with van der Waals surface area (Å²) in [6, 6.07) is 6.54. The van der Waals surface area contributed by atoms with E-state index in [1.54, 1.807) is 30.5 Å². The Labute approximate surface area is 120 Å². The molecule has 0 spiro atoms. The molecule has 5 heteroatoms. The maximum absolute atomic E-state index is 11.9. The molecule has 0 unspecified atom stereocenters. The Bertz CT molecular complexity index is 484. The molecular formula is C15H21N3O2. The minimum atomic E-state index is -0.205. The van der Waals surface area contributed by atoms with Gasteiger partial charge in [-0.15, -0.1) is 10.2 Å². The highest BCUT2D eigenvalue weighted by Crippen LogP contribution is 2.08. The molecule has 0 fully saturated rings. The van der Waals surface area contributed by atoms with E-state index in [2.05, 4.69) is 15.2 Å². The minimum absolute atomic E-state index is 0.205. The van der Waals surface area contributed by atoms with Crippen LogP contribution in [0.25, 0.3) is 0 Å². The van der Waals surface area contributed by atoms with Crippen LogP contribution in [-0.4, -0.2) is 28.1 Å². The first-order valence-electron chi connectivity index (χ1n) is 6.63. The van der Waals surface area contributed by atoms with Crippen LogP contribution in [0.15, 0.2) is 36.7 Å². The predicted octanol–water partition coefficient (Wildman–Crippen LogP) is 3.16. The molecule has 5 nitrogen and oxygen atoms in total. The van der Waals surface area contributed by atoms with Crippen LogP contribution in [0.5, 0.6) is 5.88 Å². The van der Waals surface area contributed by atoms with Crippen LogP contribution in [0, 0.1) is 0 Å². The molecule has 2 rings (SSSR count). The summed E-state index contributed by atoms with van der Waals surface area (Å²) in [5.74, 6) is 0.172. The molecule has 0 aromatic carbocycles. The van der Waals surface area contributed by atoms with Crippen LogP contribution in [-0.2, 0) is 0 Å². The molecule has 0 atom stereocenters. The third kappa shape index (κ3) is 5.14. The molecule has 20 heavy (non-hydrogen) atoms.